The van der Waals surface area contributed by atoms with E-state index in [1.54, 1.807) is 12.3 Å². The minimum absolute atomic E-state index is 0.393. The second-order valence-electron chi connectivity index (χ2n) is 3.48. The second-order valence-corrected chi connectivity index (χ2v) is 4.39. The highest BCUT2D eigenvalue weighted by molar-refractivity contribution is 9.10. The standard InChI is InChI=1S/C12H6BrN3O/c13-8-3-4-10-9(6-14)15-12(16(10)7-8)11-2-1-5-17-11/h1-5,7H. The fraction of sp³-hybridized carbons (Fsp3) is 0. The van der Waals surface area contributed by atoms with Crippen LogP contribution >= 0.6 is 15.9 Å². The van der Waals surface area contributed by atoms with E-state index < -0.39 is 0 Å². The Morgan fingerprint density at radius 3 is 2.94 bits per heavy atom. The number of nitrogens with zero attached hydrogens (tertiary/aromatic N) is 3. The zero-order chi connectivity index (χ0) is 11.8. The molecule has 4 nitrogen and oxygen atoms in total. The van der Waals surface area contributed by atoms with Crippen molar-refractivity contribution in [1.29, 1.82) is 5.26 Å². The number of furan rings is 1. The summed E-state index contributed by atoms with van der Waals surface area (Å²) in [5, 5.41) is 9.05. The zero-order valence-corrected chi connectivity index (χ0v) is 10.2. The summed E-state index contributed by atoms with van der Waals surface area (Å²) >= 11 is 3.40. The first-order chi connectivity index (χ1) is 8.29. The largest absolute Gasteiger partial charge is 0.461 e. The predicted octanol–water partition coefficient (Wildman–Crippen LogP) is 3.23. The van der Waals surface area contributed by atoms with Crippen LogP contribution in [-0.2, 0) is 0 Å². The lowest BCUT2D eigenvalue weighted by atomic mass is 10.3. The molecule has 0 saturated carbocycles. The van der Waals surface area contributed by atoms with Gasteiger partial charge in [0.15, 0.2) is 17.3 Å². The molecule has 0 bridgehead atoms. The molecule has 0 radical (unpaired) electrons. The molecule has 0 saturated heterocycles. The maximum Gasteiger partial charge on any atom is 0.182 e. The number of imidazole rings is 1. The fourth-order valence-corrected chi connectivity index (χ4v) is 2.06. The Bertz CT molecular complexity index is 722. The van der Waals surface area contributed by atoms with Crippen molar-refractivity contribution in [2.24, 2.45) is 0 Å². The van der Waals surface area contributed by atoms with Crippen molar-refractivity contribution in [3.8, 4) is 17.7 Å². The van der Waals surface area contributed by atoms with E-state index >= 15 is 0 Å². The fourth-order valence-electron chi connectivity index (χ4n) is 1.72. The molecule has 3 rings (SSSR count). The lowest BCUT2D eigenvalue weighted by molar-refractivity contribution is 0.577. The van der Waals surface area contributed by atoms with Crippen molar-refractivity contribution in [1.82, 2.24) is 9.38 Å². The van der Waals surface area contributed by atoms with E-state index in [4.69, 9.17) is 9.68 Å². The van der Waals surface area contributed by atoms with E-state index in [1.165, 1.54) is 0 Å². The predicted molar refractivity (Wildman–Crippen MR) is 65.3 cm³/mol. The molecule has 3 aromatic rings. The summed E-state index contributed by atoms with van der Waals surface area (Å²) in [7, 11) is 0. The van der Waals surface area contributed by atoms with Crippen LogP contribution in [0.15, 0.2) is 45.6 Å². The molecule has 0 fully saturated rings. The van der Waals surface area contributed by atoms with Gasteiger partial charge in [0.05, 0.1) is 11.8 Å². The molecular formula is C12H6BrN3O. The quantitative estimate of drug-likeness (QED) is 0.690. The molecule has 0 aliphatic carbocycles. The highest BCUT2D eigenvalue weighted by Crippen LogP contribution is 2.24. The maximum atomic E-state index is 9.05. The van der Waals surface area contributed by atoms with Crippen LogP contribution in [0.5, 0.6) is 0 Å². The van der Waals surface area contributed by atoms with Gasteiger partial charge in [-0.1, -0.05) is 0 Å². The van der Waals surface area contributed by atoms with Crippen molar-refractivity contribution in [3.05, 3.63) is 46.9 Å². The number of halogens is 1. The molecule has 0 aromatic carbocycles. The molecule has 0 spiro atoms. The van der Waals surface area contributed by atoms with Gasteiger partial charge in [-0.2, -0.15) is 5.26 Å². The number of pyridine rings is 1. The average Bonchev–Trinajstić information content (AvgIpc) is 2.94. The Kier molecular flexibility index (Phi) is 2.23. The lowest BCUT2D eigenvalue weighted by Crippen LogP contribution is -1.87. The van der Waals surface area contributed by atoms with E-state index in [2.05, 4.69) is 27.0 Å². The van der Waals surface area contributed by atoms with E-state index in [0.717, 1.165) is 9.99 Å². The molecule has 17 heavy (non-hydrogen) atoms. The Balaban J connectivity index is 2.39. The Morgan fingerprint density at radius 1 is 1.35 bits per heavy atom. The van der Waals surface area contributed by atoms with Crippen LogP contribution in [0.4, 0.5) is 0 Å². The van der Waals surface area contributed by atoms with Crippen molar-refractivity contribution in [3.63, 3.8) is 0 Å². The van der Waals surface area contributed by atoms with Crippen LogP contribution in [-0.4, -0.2) is 9.38 Å². The van der Waals surface area contributed by atoms with Crippen LogP contribution in [0, 0.1) is 11.3 Å². The molecule has 0 atom stereocenters. The average molecular weight is 288 g/mol. The summed E-state index contributed by atoms with van der Waals surface area (Å²) in [6, 6.07) is 9.42. The third kappa shape index (κ3) is 1.54. The molecule has 3 aromatic heterocycles. The van der Waals surface area contributed by atoms with Gasteiger partial charge in [0, 0.05) is 10.7 Å². The summed E-state index contributed by atoms with van der Waals surface area (Å²) in [4.78, 5) is 4.28. The summed E-state index contributed by atoms with van der Waals surface area (Å²) in [5.74, 6) is 1.27. The monoisotopic (exact) mass is 287 g/mol. The van der Waals surface area contributed by atoms with Gasteiger partial charge in [0.1, 0.15) is 6.07 Å². The summed E-state index contributed by atoms with van der Waals surface area (Å²) in [5.41, 5.74) is 1.16. The minimum Gasteiger partial charge on any atom is -0.461 e. The van der Waals surface area contributed by atoms with E-state index in [9.17, 15) is 0 Å². The summed E-state index contributed by atoms with van der Waals surface area (Å²) in [6.45, 7) is 0. The van der Waals surface area contributed by atoms with Crippen LogP contribution in [0.25, 0.3) is 17.1 Å². The van der Waals surface area contributed by atoms with Gasteiger partial charge < -0.3 is 4.42 Å². The van der Waals surface area contributed by atoms with Crippen molar-refractivity contribution >= 4 is 21.4 Å². The van der Waals surface area contributed by atoms with Gasteiger partial charge in [-0.25, -0.2) is 4.98 Å². The van der Waals surface area contributed by atoms with Crippen LogP contribution < -0.4 is 0 Å². The minimum atomic E-state index is 0.393. The number of nitriles is 1. The van der Waals surface area contributed by atoms with Crippen LogP contribution in [0.1, 0.15) is 5.69 Å². The van der Waals surface area contributed by atoms with Gasteiger partial charge in [-0.3, -0.25) is 4.40 Å². The number of rotatable bonds is 1. The highest BCUT2D eigenvalue weighted by atomic mass is 79.9. The van der Waals surface area contributed by atoms with E-state index in [1.807, 2.05) is 28.8 Å². The molecule has 0 amide bonds. The molecular weight excluding hydrogens is 282 g/mol. The lowest BCUT2D eigenvalue weighted by Gasteiger charge is -1.98. The first-order valence-corrected chi connectivity index (χ1v) is 5.70. The van der Waals surface area contributed by atoms with Gasteiger partial charge >= 0.3 is 0 Å². The van der Waals surface area contributed by atoms with Crippen molar-refractivity contribution < 1.29 is 4.42 Å². The zero-order valence-electron chi connectivity index (χ0n) is 8.59. The Hall–Kier alpha value is -2.06. The smallest absolute Gasteiger partial charge is 0.182 e. The molecule has 3 heterocycles. The van der Waals surface area contributed by atoms with Crippen molar-refractivity contribution in [2.75, 3.05) is 0 Å². The molecule has 0 N–H and O–H groups in total. The molecule has 0 aliphatic rings. The number of hydrogen-bond acceptors (Lipinski definition) is 3. The Labute approximate surface area is 105 Å². The maximum absolute atomic E-state index is 9.05. The summed E-state index contributed by atoms with van der Waals surface area (Å²) < 4.78 is 8.07. The van der Waals surface area contributed by atoms with Gasteiger partial charge in [0.2, 0.25) is 0 Å². The second kappa shape index (κ2) is 3.75. The molecule has 82 valence electrons. The molecule has 0 aliphatic heterocycles. The van der Waals surface area contributed by atoms with E-state index in [0.29, 0.717) is 17.3 Å². The van der Waals surface area contributed by atoms with Gasteiger partial charge in [0.25, 0.3) is 0 Å². The summed E-state index contributed by atoms with van der Waals surface area (Å²) in [6.07, 6.45) is 3.45. The Morgan fingerprint density at radius 2 is 2.24 bits per heavy atom. The van der Waals surface area contributed by atoms with Gasteiger partial charge in [-0.05, 0) is 40.2 Å². The third-order valence-corrected chi connectivity index (χ3v) is 2.92. The first-order valence-electron chi connectivity index (χ1n) is 4.91. The highest BCUT2D eigenvalue weighted by Gasteiger charge is 2.14. The molecule has 5 heteroatoms. The number of aromatic nitrogens is 2. The normalized spacial score (nSPS) is 10.6. The topological polar surface area (TPSA) is 54.2 Å². The van der Waals surface area contributed by atoms with E-state index in [-0.39, 0.29) is 0 Å². The first kappa shape index (κ1) is 10.1. The third-order valence-electron chi connectivity index (χ3n) is 2.45. The van der Waals surface area contributed by atoms with Gasteiger partial charge in [-0.15, -0.1) is 0 Å². The van der Waals surface area contributed by atoms with Crippen molar-refractivity contribution in [2.45, 2.75) is 0 Å². The number of hydrogen-bond donors (Lipinski definition) is 0. The van der Waals surface area contributed by atoms with Crippen LogP contribution in [0.3, 0.4) is 0 Å². The SMILES string of the molecule is N#Cc1nc(-c2ccco2)n2cc(Br)ccc12. The molecule has 0 unspecified atom stereocenters. The van der Waals surface area contributed by atoms with Crippen LogP contribution in [0.2, 0.25) is 0 Å². The number of fused-ring (bicyclic) bond motifs is 1.